The van der Waals surface area contributed by atoms with Gasteiger partial charge in [-0.25, -0.2) is 0 Å². The molecular weight excluding hydrogens is 248 g/mol. The molecule has 1 unspecified atom stereocenters. The van der Waals surface area contributed by atoms with Gasteiger partial charge in [-0.15, -0.1) is 0 Å². The van der Waals surface area contributed by atoms with Gasteiger partial charge in [0.05, 0.1) is 6.61 Å². The molecule has 4 heteroatoms. The van der Waals surface area contributed by atoms with Crippen molar-refractivity contribution >= 4 is 11.6 Å². The first-order valence-corrected chi connectivity index (χ1v) is 6.84. The lowest BCUT2D eigenvalue weighted by atomic mass is 10.2. The zero-order valence-electron chi connectivity index (χ0n) is 10.8. The molecule has 0 aliphatic carbocycles. The lowest BCUT2D eigenvalue weighted by Gasteiger charge is -2.23. The molecule has 3 nitrogen and oxygen atoms in total. The van der Waals surface area contributed by atoms with Crippen molar-refractivity contribution in [2.45, 2.75) is 19.0 Å². The van der Waals surface area contributed by atoms with Crippen molar-refractivity contribution in [2.75, 3.05) is 33.3 Å². The maximum Gasteiger partial charge on any atom is 0.0558 e. The number of halogens is 1. The lowest BCUT2D eigenvalue weighted by Crippen LogP contribution is -2.36. The molecule has 0 bridgehead atoms. The highest BCUT2D eigenvalue weighted by atomic mass is 35.5. The Bertz CT molecular complexity index is 386. The molecule has 1 saturated heterocycles. The van der Waals surface area contributed by atoms with Crippen LogP contribution in [0.15, 0.2) is 24.3 Å². The second-order valence-corrected chi connectivity index (χ2v) is 5.45. The van der Waals surface area contributed by atoms with Crippen LogP contribution in [-0.4, -0.2) is 54.2 Å². The Morgan fingerprint density at radius 2 is 2.33 bits per heavy atom. The van der Waals surface area contributed by atoms with Crippen molar-refractivity contribution in [1.29, 1.82) is 0 Å². The van der Waals surface area contributed by atoms with Crippen LogP contribution in [0.2, 0.25) is 5.02 Å². The monoisotopic (exact) mass is 268 g/mol. The van der Waals surface area contributed by atoms with Crippen molar-refractivity contribution in [3.63, 3.8) is 0 Å². The zero-order chi connectivity index (χ0) is 13.0. The summed E-state index contributed by atoms with van der Waals surface area (Å²) in [7, 11) is 2.09. The Morgan fingerprint density at radius 3 is 3.06 bits per heavy atom. The van der Waals surface area contributed by atoms with Crippen molar-refractivity contribution in [1.82, 2.24) is 9.80 Å². The average molecular weight is 269 g/mol. The highest BCUT2D eigenvalue weighted by Crippen LogP contribution is 2.18. The summed E-state index contributed by atoms with van der Waals surface area (Å²) in [6.07, 6.45) is 1.18. The number of rotatable bonds is 5. The fourth-order valence-electron chi connectivity index (χ4n) is 2.55. The van der Waals surface area contributed by atoms with E-state index < -0.39 is 0 Å². The lowest BCUT2D eigenvalue weighted by molar-refractivity contribution is 0.177. The van der Waals surface area contributed by atoms with Gasteiger partial charge < -0.3 is 5.11 Å². The van der Waals surface area contributed by atoms with Crippen LogP contribution in [0, 0.1) is 0 Å². The van der Waals surface area contributed by atoms with Crippen LogP contribution in [0.4, 0.5) is 0 Å². The van der Waals surface area contributed by atoms with Gasteiger partial charge in [-0.3, -0.25) is 9.80 Å². The Balaban J connectivity index is 1.86. The first kappa shape index (κ1) is 13.8. The molecule has 1 heterocycles. The minimum Gasteiger partial charge on any atom is -0.395 e. The zero-order valence-corrected chi connectivity index (χ0v) is 11.6. The molecule has 2 rings (SSSR count). The van der Waals surface area contributed by atoms with E-state index in [1.165, 1.54) is 12.0 Å². The molecule has 1 aromatic carbocycles. The molecule has 0 saturated carbocycles. The van der Waals surface area contributed by atoms with E-state index in [1.807, 2.05) is 18.2 Å². The molecule has 0 spiro atoms. The molecule has 1 N–H and O–H groups in total. The molecule has 1 aliphatic rings. The molecule has 0 radical (unpaired) electrons. The number of aliphatic hydroxyl groups is 1. The summed E-state index contributed by atoms with van der Waals surface area (Å²) in [6, 6.07) is 8.63. The van der Waals surface area contributed by atoms with Gasteiger partial charge in [0, 0.05) is 37.2 Å². The highest BCUT2D eigenvalue weighted by Gasteiger charge is 2.25. The predicted molar refractivity (Wildman–Crippen MR) is 74.8 cm³/mol. The summed E-state index contributed by atoms with van der Waals surface area (Å²) in [5.74, 6) is 0. The standard InChI is InChI=1S/C14H21ClN2O/c1-16(7-8-18)14-5-6-17(11-14)10-12-3-2-4-13(15)9-12/h2-4,9,14,18H,5-8,10-11H2,1H3. The molecule has 1 aromatic rings. The molecule has 100 valence electrons. The number of nitrogens with zero attached hydrogens (tertiary/aromatic N) is 2. The second-order valence-electron chi connectivity index (χ2n) is 5.01. The smallest absolute Gasteiger partial charge is 0.0558 e. The van der Waals surface area contributed by atoms with Crippen LogP contribution in [-0.2, 0) is 6.54 Å². The van der Waals surface area contributed by atoms with E-state index in [9.17, 15) is 0 Å². The number of likely N-dealkylation sites (tertiary alicyclic amines) is 1. The van der Waals surface area contributed by atoms with E-state index in [4.69, 9.17) is 16.7 Å². The van der Waals surface area contributed by atoms with Crippen molar-refractivity contribution in [2.24, 2.45) is 0 Å². The summed E-state index contributed by atoms with van der Waals surface area (Å²) in [6.45, 7) is 4.15. The van der Waals surface area contributed by atoms with Gasteiger partial charge in [0.1, 0.15) is 0 Å². The summed E-state index contributed by atoms with van der Waals surface area (Å²) in [5, 5.41) is 9.76. The number of hydrogen-bond donors (Lipinski definition) is 1. The highest BCUT2D eigenvalue weighted by molar-refractivity contribution is 6.30. The molecule has 1 aliphatic heterocycles. The quantitative estimate of drug-likeness (QED) is 0.883. The van der Waals surface area contributed by atoms with Gasteiger partial charge in [-0.2, -0.15) is 0 Å². The van der Waals surface area contributed by atoms with E-state index in [0.717, 1.165) is 31.2 Å². The molecular formula is C14H21ClN2O. The van der Waals surface area contributed by atoms with Crippen LogP contribution in [0.25, 0.3) is 0 Å². The van der Waals surface area contributed by atoms with Gasteiger partial charge in [-0.05, 0) is 31.2 Å². The minimum atomic E-state index is 0.237. The summed E-state index contributed by atoms with van der Waals surface area (Å²) < 4.78 is 0. The maximum atomic E-state index is 8.96. The maximum absolute atomic E-state index is 8.96. The third kappa shape index (κ3) is 3.69. The average Bonchev–Trinajstić information content (AvgIpc) is 2.78. The Hall–Kier alpha value is -0.610. The van der Waals surface area contributed by atoms with E-state index in [-0.39, 0.29) is 6.61 Å². The molecule has 18 heavy (non-hydrogen) atoms. The van der Waals surface area contributed by atoms with E-state index in [0.29, 0.717) is 6.04 Å². The van der Waals surface area contributed by atoms with Crippen LogP contribution < -0.4 is 0 Å². The van der Waals surface area contributed by atoms with Crippen molar-refractivity contribution in [3.05, 3.63) is 34.9 Å². The number of benzene rings is 1. The molecule has 0 aromatic heterocycles. The van der Waals surface area contributed by atoms with E-state index in [1.54, 1.807) is 0 Å². The van der Waals surface area contributed by atoms with Crippen LogP contribution in [0.3, 0.4) is 0 Å². The van der Waals surface area contributed by atoms with Crippen LogP contribution in [0.1, 0.15) is 12.0 Å². The third-order valence-corrected chi connectivity index (χ3v) is 3.85. The fourth-order valence-corrected chi connectivity index (χ4v) is 2.76. The van der Waals surface area contributed by atoms with E-state index >= 15 is 0 Å². The largest absolute Gasteiger partial charge is 0.395 e. The number of aliphatic hydroxyl groups excluding tert-OH is 1. The van der Waals surface area contributed by atoms with Gasteiger partial charge in [-0.1, -0.05) is 23.7 Å². The van der Waals surface area contributed by atoms with Crippen molar-refractivity contribution < 1.29 is 5.11 Å². The van der Waals surface area contributed by atoms with Gasteiger partial charge in [0.25, 0.3) is 0 Å². The Kier molecular flexibility index (Phi) is 5.01. The molecule has 1 fully saturated rings. The van der Waals surface area contributed by atoms with Gasteiger partial charge >= 0.3 is 0 Å². The van der Waals surface area contributed by atoms with Crippen molar-refractivity contribution in [3.8, 4) is 0 Å². The summed E-state index contributed by atoms with van der Waals surface area (Å²) >= 11 is 6.00. The first-order valence-electron chi connectivity index (χ1n) is 6.47. The first-order chi connectivity index (χ1) is 8.69. The Morgan fingerprint density at radius 1 is 1.50 bits per heavy atom. The summed E-state index contributed by atoms with van der Waals surface area (Å²) in [4.78, 5) is 4.70. The minimum absolute atomic E-state index is 0.237. The van der Waals surface area contributed by atoms with Gasteiger partial charge in [0.2, 0.25) is 0 Å². The fraction of sp³-hybridized carbons (Fsp3) is 0.571. The van der Waals surface area contributed by atoms with Crippen LogP contribution in [0.5, 0.6) is 0 Å². The molecule has 0 amide bonds. The number of hydrogen-bond acceptors (Lipinski definition) is 3. The second kappa shape index (κ2) is 6.53. The summed E-state index contributed by atoms with van der Waals surface area (Å²) in [5.41, 5.74) is 1.27. The molecule has 1 atom stereocenters. The SMILES string of the molecule is CN(CCO)C1CCN(Cc2cccc(Cl)c2)C1. The topological polar surface area (TPSA) is 26.7 Å². The predicted octanol–water partition coefficient (Wildman–Crippen LogP) is 1.84. The van der Waals surface area contributed by atoms with Crippen LogP contribution >= 0.6 is 11.6 Å². The normalized spacial score (nSPS) is 20.8. The third-order valence-electron chi connectivity index (χ3n) is 3.62. The van der Waals surface area contributed by atoms with E-state index in [2.05, 4.69) is 22.9 Å². The Labute approximate surface area is 114 Å². The number of likely N-dealkylation sites (N-methyl/N-ethyl adjacent to an activating group) is 1. The van der Waals surface area contributed by atoms with Gasteiger partial charge in [0.15, 0.2) is 0 Å².